The third-order valence-electron chi connectivity index (χ3n) is 4.44. The van der Waals surface area contributed by atoms with Gasteiger partial charge in [-0.2, -0.15) is 0 Å². The van der Waals surface area contributed by atoms with Gasteiger partial charge in [-0.05, 0) is 38.0 Å². The van der Waals surface area contributed by atoms with Gasteiger partial charge >= 0.3 is 0 Å². The number of hydrogen-bond acceptors (Lipinski definition) is 2. The van der Waals surface area contributed by atoms with Gasteiger partial charge in [0.15, 0.2) is 5.96 Å². The van der Waals surface area contributed by atoms with Crippen LogP contribution in [0.2, 0.25) is 0 Å². The van der Waals surface area contributed by atoms with Crippen LogP contribution in [-0.2, 0) is 4.79 Å². The number of piperidine rings is 1. The molecule has 24 heavy (non-hydrogen) atoms. The van der Waals surface area contributed by atoms with Crippen molar-refractivity contribution in [1.29, 1.82) is 0 Å². The summed E-state index contributed by atoms with van der Waals surface area (Å²) in [7, 11) is 0. The van der Waals surface area contributed by atoms with Crippen LogP contribution in [0.4, 0.5) is 0 Å². The van der Waals surface area contributed by atoms with E-state index in [0.29, 0.717) is 18.4 Å². The van der Waals surface area contributed by atoms with Crippen molar-refractivity contribution in [2.75, 3.05) is 32.7 Å². The predicted octanol–water partition coefficient (Wildman–Crippen LogP) is 3.39. The number of likely N-dealkylation sites (tertiary alicyclic amines) is 1. The van der Waals surface area contributed by atoms with Crippen molar-refractivity contribution in [3.63, 3.8) is 0 Å². The van der Waals surface area contributed by atoms with Crippen molar-refractivity contribution in [1.82, 2.24) is 15.5 Å². The van der Waals surface area contributed by atoms with Crippen LogP contribution in [0.15, 0.2) is 4.99 Å². The van der Waals surface area contributed by atoms with E-state index in [2.05, 4.69) is 48.2 Å². The molecule has 1 aliphatic heterocycles. The quantitative estimate of drug-likeness (QED) is 0.337. The number of hydrogen-bond donors (Lipinski definition) is 2. The summed E-state index contributed by atoms with van der Waals surface area (Å²) in [6, 6.07) is 0. The van der Waals surface area contributed by atoms with E-state index in [1.807, 2.05) is 0 Å². The number of nitrogens with one attached hydrogen (secondary N) is 2. The summed E-state index contributed by atoms with van der Waals surface area (Å²) >= 11 is 0. The predicted molar refractivity (Wildman–Crippen MR) is 113 cm³/mol. The molecule has 0 spiro atoms. The molecule has 1 heterocycles. The standard InChI is InChI=1S/C18H36N4O.HI/c1-5-10-18(4)11-8-14-22(15-18)17(19-7-3)21-13-9-16(23)20-12-6-2;/h5-15H2,1-4H3,(H,19,21)(H,20,23);1H. The molecule has 1 saturated heterocycles. The molecule has 2 N–H and O–H groups in total. The summed E-state index contributed by atoms with van der Waals surface area (Å²) < 4.78 is 0. The zero-order chi connectivity index (χ0) is 17.1. The van der Waals surface area contributed by atoms with Gasteiger partial charge in [0.1, 0.15) is 0 Å². The van der Waals surface area contributed by atoms with Crippen molar-refractivity contribution >= 4 is 35.8 Å². The first kappa shape index (κ1) is 23.5. The molecule has 0 saturated carbocycles. The molecule has 6 heteroatoms. The first-order valence-corrected chi connectivity index (χ1v) is 9.34. The van der Waals surface area contributed by atoms with Gasteiger partial charge in [-0.3, -0.25) is 9.79 Å². The van der Waals surface area contributed by atoms with Gasteiger partial charge in [0, 0.05) is 32.6 Å². The molecule has 1 atom stereocenters. The van der Waals surface area contributed by atoms with E-state index >= 15 is 0 Å². The fourth-order valence-electron chi connectivity index (χ4n) is 3.35. The molecular weight excluding hydrogens is 415 g/mol. The third kappa shape index (κ3) is 8.53. The van der Waals surface area contributed by atoms with E-state index in [0.717, 1.165) is 38.6 Å². The van der Waals surface area contributed by atoms with Crippen LogP contribution in [0.25, 0.3) is 0 Å². The van der Waals surface area contributed by atoms with Crippen LogP contribution in [0.1, 0.15) is 66.2 Å². The molecule has 142 valence electrons. The summed E-state index contributed by atoms with van der Waals surface area (Å²) in [4.78, 5) is 18.8. The molecule has 0 aromatic heterocycles. The Morgan fingerprint density at radius 3 is 2.58 bits per heavy atom. The first-order chi connectivity index (χ1) is 11.0. The Kier molecular flexibility index (Phi) is 12.5. The minimum absolute atomic E-state index is 0. The van der Waals surface area contributed by atoms with Crippen molar-refractivity contribution < 1.29 is 4.79 Å². The lowest BCUT2D eigenvalue weighted by atomic mass is 9.78. The van der Waals surface area contributed by atoms with Crippen LogP contribution in [0, 0.1) is 5.41 Å². The SMILES string of the molecule is CCCNC(=O)CCN=C(NCC)N1CCCC(C)(CCC)C1.I. The van der Waals surface area contributed by atoms with Crippen LogP contribution in [0.5, 0.6) is 0 Å². The van der Waals surface area contributed by atoms with Gasteiger partial charge in [0.2, 0.25) is 5.91 Å². The Balaban J connectivity index is 0.00000529. The van der Waals surface area contributed by atoms with Crippen molar-refractivity contribution in [2.45, 2.75) is 66.2 Å². The Morgan fingerprint density at radius 1 is 1.21 bits per heavy atom. The number of guanidine groups is 1. The van der Waals surface area contributed by atoms with E-state index < -0.39 is 0 Å². The molecule has 1 aliphatic rings. The zero-order valence-corrected chi connectivity index (χ0v) is 18.3. The van der Waals surface area contributed by atoms with Gasteiger partial charge in [-0.15, -0.1) is 24.0 Å². The highest BCUT2D eigenvalue weighted by atomic mass is 127. The van der Waals surface area contributed by atoms with Gasteiger partial charge in [0.25, 0.3) is 0 Å². The molecule has 0 aliphatic carbocycles. The summed E-state index contributed by atoms with van der Waals surface area (Å²) in [6.07, 6.45) is 6.46. The fraction of sp³-hybridized carbons (Fsp3) is 0.889. The topological polar surface area (TPSA) is 56.7 Å². The molecule has 1 amide bonds. The lowest BCUT2D eigenvalue weighted by molar-refractivity contribution is -0.120. The summed E-state index contributed by atoms with van der Waals surface area (Å²) in [5.74, 6) is 1.07. The fourth-order valence-corrected chi connectivity index (χ4v) is 3.35. The molecular formula is C18H37IN4O. The highest BCUT2D eigenvalue weighted by molar-refractivity contribution is 14.0. The smallest absolute Gasteiger partial charge is 0.221 e. The second kappa shape index (κ2) is 12.8. The molecule has 1 fully saturated rings. The molecule has 0 bridgehead atoms. The minimum Gasteiger partial charge on any atom is -0.357 e. The monoisotopic (exact) mass is 452 g/mol. The number of rotatable bonds is 8. The lowest BCUT2D eigenvalue weighted by Gasteiger charge is -2.42. The van der Waals surface area contributed by atoms with Crippen LogP contribution in [-0.4, -0.2) is 49.5 Å². The number of carbonyl (C=O) groups is 1. The maximum absolute atomic E-state index is 11.7. The normalized spacial score (nSPS) is 21.2. The summed E-state index contributed by atoms with van der Waals surface area (Å²) in [5, 5.41) is 6.30. The third-order valence-corrected chi connectivity index (χ3v) is 4.44. The largest absolute Gasteiger partial charge is 0.357 e. The molecule has 1 rings (SSSR count). The van der Waals surface area contributed by atoms with E-state index in [-0.39, 0.29) is 29.9 Å². The zero-order valence-electron chi connectivity index (χ0n) is 16.0. The second-order valence-electron chi connectivity index (χ2n) is 6.92. The van der Waals surface area contributed by atoms with Crippen LogP contribution < -0.4 is 10.6 Å². The first-order valence-electron chi connectivity index (χ1n) is 9.34. The number of amides is 1. The lowest BCUT2D eigenvalue weighted by Crippen LogP contribution is -2.49. The maximum atomic E-state index is 11.7. The van der Waals surface area contributed by atoms with Gasteiger partial charge in [-0.1, -0.05) is 27.2 Å². The summed E-state index contributed by atoms with van der Waals surface area (Å²) in [5.41, 5.74) is 0.391. The van der Waals surface area contributed by atoms with Crippen molar-refractivity contribution in [2.24, 2.45) is 10.4 Å². The van der Waals surface area contributed by atoms with Gasteiger partial charge in [-0.25, -0.2) is 0 Å². The van der Waals surface area contributed by atoms with E-state index in [4.69, 9.17) is 0 Å². The maximum Gasteiger partial charge on any atom is 0.221 e. The van der Waals surface area contributed by atoms with E-state index in [1.165, 1.54) is 25.7 Å². The summed E-state index contributed by atoms with van der Waals surface area (Å²) in [6.45, 7) is 13.1. The van der Waals surface area contributed by atoms with Gasteiger partial charge < -0.3 is 15.5 Å². The molecule has 1 unspecified atom stereocenters. The number of carbonyl (C=O) groups excluding carboxylic acids is 1. The van der Waals surface area contributed by atoms with Crippen LogP contribution >= 0.6 is 24.0 Å². The number of aliphatic imine (C=N–C) groups is 1. The Morgan fingerprint density at radius 2 is 1.96 bits per heavy atom. The molecule has 0 aromatic carbocycles. The molecule has 0 aromatic rings. The van der Waals surface area contributed by atoms with Crippen molar-refractivity contribution in [3.05, 3.63) is 0 Å². The highest BCUT2D eigenvalue weighted by Crippen LogP contribution is 2.33. The Labute approximate surface area is 165 Å². The van der Waals surface area contributed by atoms with Gasteiger partial charge in [0.05, 0.1) is 6.54 Å². The Hall–Kier alpha value is -0.530. The van der Waals surface area contributed by atoms with E-state index in [9.17, 15) is 4.79 Å². The average molecular weight is 452 g/mol. The number of halogens is 1. The van der Waals surface area contributed by atoms with E-state index in [1.54, 1.807) is 0 Å². The molecule has 0 radical (unpaired) electrons. The Bertz CT molecular complexity index is 385. The number of nitrogens with zero attached hydrogens (tertiary/aromatic N) is 2. The molecule has 5 nitrogen and oxygen atoms in total. The van der Waals surface area contributed by atoms with Crippen molar-refractivity contribution in [3.8, 4) is 0 Å². The average Bonchev–Trinajstić information content (AvgIpc) is 2.52. The highest BCUT2D eigenvalue weighted by Gasteiger charge is 2.31. The van der Waals surface area contributed by atoms with Crippen LogP contribution in [0.3, 0.4) is 0 Å². The second-order valence-corrected chi connectivity index (χ2v) is 6.92. The minimum atomic E-state index is 0.